The molecule has 1 aliphatic carbocycles. The van der Waals surface area contributed by atoms with Crippen molar-refractivity contribution < 1.29 is 9.59 Å². The molecular weight excluding hydrogens is 344 g/mol. The number of carbonyl (C=O) groups is 2. The number of carbonyl (C=O) groups excluding carboxylic acids is 2. The molecule has 0 spiro atoms. The summed E-state index contributed by atoms with van der Waals surface area (Å²) >= 11 is 1.37. The minimum Gasteiger partial charge on any atom is -0.366 e. The van der Waals surface area contributed by atoms with Gasteiger partial charge in [0.05, 0.1) is 5.03 Å². The highest BCUT2D eigenvalue weighted by Gasteiger charge is 2.17. The maximum Gasteiger partial charge on any atom is 0.244 e. The normalized spacial score (nSPS) is 12.4. The summed E-state index contributed by atoms with van der Waals surface area (Å²) in [6.45, 7) is 13.6. The topological polar surface area (TPSA) is 72.2 Å². The highest BCUT2D eigenvalue weighted by Crippen LogP contribution is 2.39. The van der Waals surface area contributed by atoms with Crippen molar-refractivity contribution in [3.8, 4) is 0 Å². The highest BCUT2D eigenvalue weighted by molar-refractivity contribution is 8.11. The molecule has 1 aromatic carbocycles. The average Bonchev–Trinajstić information content (AvgIpc) is 2.58. The lowest BCUT2D eigenvalue weighted by atomic mass is 9.91. The zero-order valence-corrected chi connectivity index (χ0v) is 17.8. The zero-order chi connectivity index (χ0) is 20.3. The number of allylic oxidation sites excluding steroid dienone is 1. The van der Waals surface area contributed by atoms with E-state index in [1.807, 2.05) is 27.7 Å². The van der Waals surface area contributed by atoms with E-state index in [0.29, 0.717) is 5.03 Å². The third kappa shape index (κ3) is 7.48. The Morgan fingerprint density at radius 3 is 2.31 bits per heavy atom. The van der Waals surface area contributed by atoms with Gasteiger partial charge in [-0.05, 0) is 43.4 Å². The van der Waals surface area contributed by atoms with Crippen LogP contribution in [0.5, 0.6) is 0 Å². The predicted octanol–water partition coefficient (Wildman–Crippen LogP) is 4.84. The fourth-order valence-corrected chi connectivity index (χ4v) is 3.72. The Hall–Kier alpha value is -2.01. The number of benzene rings is 1. The van der Waals surface area contributed by atoms with E-state index in [1.165, 1.54) is 47.0 Å². The Labute approximate surface area is 162 Å². The molecule has 5 heteroatoms. The van der Waals surface area contributed by atoms with Gasteiger partial charge in [0, 0.05) is 17.9 Å². The van der Waals surface area contributed by atoms with E-state index < -0.39 is 5.91 Å². The lowest BCUT2D eigenvalue weighted by Crippen LogP contribution is -2.20. The third-order valence-electron chi connectivity index (χ3n) is 3.40. The molecule has 4 nitrogen and oxygen atoms in total. The maximum absolute atomic E-state index is 11.3. The van der Waals surface area contributed by atoms with E-state index in [9.17, 15) is 9.59 Å². The van der Waals surface area contributed by atoms with Crippen molar-refractivity contribution in [1.29, 1.82) is 0 Å². The first kappa shape index (κ1) is 24.0. The molecule has 0 radical (unpaired) electrons. The van der Waals surface area contributed by atoms with Gasteiger partial charge in [0.15, 0.2) is 0 Å². The van der Waals surface area contributed by atoms with Crippen molar-refractivity contribution in [3.63, 3.8) is 0 Å². The van der Waals surface area contributed by atoms with E-state index in [2.05, 4.69) is 37.4 Å². The summed E-state index contributed by atoms with van der Waals surface area (Å²) in [5.41, 5.74) is 10.2. The van der Waals surface area contributed by atoms with Crippen LogP contribution in [-0.4, -0.2) is 11.8 Å². The Morgan fingerprint density at radius 2 is 1.77 bits per heavy atom. The number of hydrogen-bond acceptors (Lipinski definition) is 3. The maximum atomic E-state index is 11.3. The van der Waals surface area contributed by atoms with E-state index in [0.717, 1.165) is 17.7 Å². The number of hydrogen-bond donors (Lipinski definition) is 2. The lowest BCUT2D eigenvalue weighted by Gasteiger charge is -2.21. The van der Waals surface area contributed by atoms with Gasteiger partial charge < -0.3 is 11.1 Å². The molecule has 0 fully saturated rings. The second kappa shape index (κ2) is 12.4. The van der Waals surface area contributed by atoms with Gasteiger partial charge in [0.25, 0.3) is 0 Å². The molecule has 0 heterocycles. The van der Waals surface area contributed by atoms with E-state index in [-0.39, 0.29) is 5.91 Å². The van der Waals surface area contributed by atoms with Crippen molar-refractivity contribution in [2.75, 3.05) is 0 Å². The van der Waals surface area contributed by atoms with Crippen LogP contribution in [0.2, 0.25) is 0 Å². The van der Waals surface area contributed by atoms with Gasteiger partial charge in [-0.2, -0.15) is 0 Å². The molecule has 0 atom stereocenters. The molecule has 0 aliphatic heterocycles. The van der Waals surface area contributed by atoms with Gasteiger partial charge >= 0.3 is 0 Å². The summed E-state index contributed by atoms with van der Waals surface area (Å²) in [6.07, 6.45) is 5.36. The first-order valence-electron chi connectivity index (χ1n) is 9.14. The Kier molecular flexibility index (Phi) is 11.4. The fourth-order valence-electron chi connectivity index (χ4n) is 2.62. The molecule has 144 valence electrons. The average molecular weight is 377 g/mol. The number of nitrogens with two attached hydrogens (primary N) is 1. The first-order chi connectivity index (χ1) is 12.4. The van der Waals surface area contributed by atoms with Crippen molar-refractivity contribution in [2.24, 2.45) is 5.73 Å². The minimum absolute atomic E-state index is 0.225. The standard InChI is InChI=1S/C17H20N2O2S.2C2H6/c1-10-7-11(2)13-5-4-6-15(14(13)8-10)22-17(9-16(18)21)19-12(3)20;2*1-2/h6-9H,4-5H2,1-3H3,(H2,18,21)(H,19,20);2*1-2H3/b17-9+;;. The van der Waals surface area contributed by atoms with Gasteiger partial charge in [-0.15, -0.1) is 0 Å². The van der Waals surface area contributed by atoms with E-state index >= 15 is 0 Å². The molecule has 0 saturated carbocycles. The van der Waals surface area contributed by atoms with Crippen LogP contribution in [0.1, 0.15) is 63.3 Å². The quantitative estimate of drug-likeness (QED) is 0.739. The number of fused-ring (bicyclic) bond motifs is 1. The number of aryl methyl sites for hydroxylation is 2. The number of primary amides is 1. The molecular formula is C21H32N2O2S. The van der Waals surface area contributed by atoms with Crippen molar-refractivity contribution in [1.82, 2.24) is 5.32 Å². The summed E-state index contributed by atoms with van der Waals surface area (Å²) < 4.78 is 0. The van der Waals surface area contributed by atoms with Gasteiger partial charge in [-0.1, -0.05) is 63.2 Å². The van der Waals surface area contributed by atoms with E-state index in [1.54, 1.807) is 0 Å². The molecule has 2 rings (SSSR count). The lowest BCUT2D eigenvalue weighted by molar-refractivity contribution is -0.118. The second-order valence-corrected chi connectivity index (χ2v) is 6.49. The monoisotopic (exact) mass is 376 g/mol. The van der Waals surface area contributed by atoms with Crippen molar-refractivity contribution in [3.05, 3.63) is 51.6 Å². The van der Waals surface area contributed by atoms with Gasteiger partial charge in [0.2, 0.25) is 11.8 Å². The largest absolute Gasteiger partial charge is 0.366 e. The summed E-state index contributed by atoms with van der Waals surface area (Å²) in [5, 5.41) is 3.12. The molecule has 1 aromatic rings. The summed E-state index contributed by atoms with van der Waals surface area (Å²) in [7, 11) is 0. The summed E-state index contributed by atoms with van der Waals surface area (Å²) in [6, 6.07) is 4.33. The third-order valence-corrected chi connectivity index (χ3v) is 4.45. The van der Waals surface area contributed by atoms with Crippen LogP contribution < -0.4 is 11.1 Å². The van der Waals surface area contributed by atoms with E-state index in [4.69, 9.17) is 5.73 Å². The van der Waals surface area contributed by atoms with Crippen LogP contribution in [0.3, 0.4) is 0 Å². The van der Waals surface area contributed by atoms with Gasteiger partial charge in [-0.3, -0.25) is 9.59 Å². The van der Waals surface area contributed by atoms with Crippen LogP contribution >= 0.6 is 11.8 Å². The van der Waals surface area contributed by atoms with Crippen molar-refractivity contribution in [2.45, 2.75) is 61.3 Å². The summed E-state index contributed by atoms with van der Waals surface area (Å²) in [5.74, 6) is -0.801. The van der Waals surface area contributed by atoms with Crippen LogP contribution in [0, 0.1) is 13.8 Å². The smallest absolute Gasteiger partial charge is 0.244 e. The van der Waals surface area contributed by atoms with Gasteiger partial charge in [0.1, 0.15) is 0 Å². The Bertz CT molecular complexity index is 691. The van der Waals surface area contributed by atoms with Crippen LogP contribution in [0.25, 0.3) is 4.91 Å². The fraction of sp³-hybridized carbons (Fsp3) is 0.429. The first-order valence-corrected chi connectivity index (χ1v) is 9.95. The number of nitrogens with one attached hydrogen (secondary N) is 1. The van der Waals surface area contributed by atoms with Crippen LogP contribution in [0.4, 0.5) is 0 Å². The minimum atomic E-state index is -0.576. The molecule has 2 amide bonds. The molecule has 0 unspecified atom stereocenters. The molecule has 1 aliphatic rings. The molecule has 3 N–H and O–H groups in total. The Morgan fingerprint density at radius 1 is 1.15 bits per heavy atom. The van der Waals surface area contributed by atoms with Crippen LogP contribution in [-0.2, 0) is 16.0 Å². The number of rotatable bonds is 4. The zero-order valence-electron chi connectivity index (χ0n) is 17.0. The molecule has 26 heavy (non-hydrogen) atoms. The van der Waals surface area contributed by atoms with Gasteiger partial charge in [-0.25, -0.2) is 0 Å². The SMILES string of the molecule is CC.CC.CC(=O)N/C(=C\C(N)=O)SC1=CCCc2c(C)cc(C)cc21. The summed E-state index contributed by atoms with van der Waals surface area (Å²) in [4.78, 5) is 23.5. The number of thioether (sulfide) groups is 1. The second-order valence-electron chi connectivity index (χ2n) is 5.41. The molecule has 0 bridgehead atoms. The highest BCUT2D eigenvalue weighted by atomic mass is 32.2. The van der Waals surface area contributed by atoms with Crippen molar-refractivity contribution >= 4 is 28.5 Å². The van der Waals surface area contributed by atoms with Crippen LogP contribution in [0.15, 0.2) is 29.3 Å². The number of amides is 2. The predicted molar refractivity (Wildman–Crippen MR) is 114 cm³/mol. The molecule has 0 aromatic heterocycles. The molecule has 0 saturated heterocycles. The Balaban J connectivity index is 0.00000146.